The van der Waals surface area contributed by atoms with Crippen LogP contribution in [0.25, 0.3) is 0 Å². The summed E-state index contributed by atoms with van der Waals surface area (Å²) in [6, 6.07) is 7.74. The van der Waals surface area contributed by atoms with Crippen molar-refractivity contribution in [3.63, 3.8) is 0 Å². The van der Waals surface area contributed by atoms with E-state index in [2.05, 4.69) is 21.2 Å². The minimum Gasteiger partial charge on any atom is -0.492 e. The highest BCUT2D eigenvalue weighted by Crippen LogP contribution is 2.17. The van der Waals surface area contributed by atoms with Crippen molar-refractivity contribution in [2.24, 2.45) is 0 Å². The molecule has 1 aliphatic rings. The summed E-state index contributed by atoms with van der Waals surface area (Å²) in [6.45, 7) is 3.46. The van der Waals surface area contributed by atoms with Crippen LogP contribution in [0.3, 0.4) is 0 Å². The van der Waals surface area contributed by atoms with Gasteiger partial charge >= 0.3 is 0 Å². The fourth-order valence-corrected chi connectivity index (χ4v) is 2.45. The number of carbonyl (C=O) groups excluding carboxylic acids is 1. The van der Waals surface area contributed by atoms with Crippen LogP contribution in [-0.2, 0) is 4.79 Å². The van der Waals surface area contributed by atoms with Gasteiger partial charge in [-0.05, 0) is 31.0 Å². The lowest BCUT2D eigenvalue weighted by atomic mass is 10.3. The van der Waals surface area contributed by atoms with Crippen LogP contribution in [0.4, 0.5) is 0 Å². The van der Waals surface area contributed by atoms with Crippen LogP contribution in [0.1, 0.15) is 12.8 Å². The first-order valence-electron chi connectivity index (χ1n) is 6.62. The molecule has 0 aliphatic carbocycles. The fourth-order valence-electron chi connectivity index (χ4n) is 2.07. The molecule has 1 saturated heterocycles. The molecule has 0 aromatic heterocycles. The molecule has 1 N–H and O–H groups in total. The van der Waals surface area contributed by atoms with Gasteiger partial charge in [-0.15, -0.1) is 0 Å². The van der Waals surface area contributed by atoms with E-state index in [0.717, 1.165) is 36.2 Å². The second kappa shape index (κ2) is 7.50. The number of halogens is 1. The van der Waals surface area contributed by atoms with E-state index in [1.165, 1.54) is 0 Å². The van der Waals surface area contributed by atoms with Crippen LogP contribution in [-0.4, -0.2) is 43.6 Å². The minimum absolute atomic E-state index is 0.194. The molecule has 0 unspecified atom stereocenters. The molecule has 1 amide bonds. The topological polar surface area (TPSA) is 41.6 Å². The maximum absolute atomic E-state index is 11.7. The average molecular weight is 327 g/mol. The Labute approximate surface area is 122 Å². The molecule has 1 aromatic rings. The number of hydrogen-bond acceptors (Lipinski definition) is 3. The van der Waals surface area contributed by atoms with Gasteiger partial charge in [0, 0.05) is 24.1 Å². The van der Waals surface area contributed by atoms with Crippen molar-refractivity contribution in [1.82, 2.24) is 10.2 Å². The molecule has 104 valence electrons. The summed E-state index contributed by atoms with van der Waals surface area (Å²) in [5.41, 5.74) is 0. The summed E-state index contributed by atoms with van der Waals surface area (Å²) in [5.74, 6) is 1.03. The maximum Gasteiger partial charge on any atom is 0.236 e. The summed E-state index contributed by atoms with van der Waals surface area (Å²) < 4.78 is 6.58. The van der Waals surface area contributed by atoms with Crippen LogP contribution in [0.15, 0.2) is 28.7 Å². The van der Waals surface area contributed by atoms with E-state index >= 15 is 0 Å². The van der Waals surface area contributed by atoms with Crippen molar-refractivity contribution >= 4 is 21.8 Å². The molecule has 1 heterocycles. The number of amides is 1. The van der Waals surface area contributed by atoms with Crippen LogP contribution in [0.5, 0.6) is 5.75 Å². The highest BCUT2D eigenvalue weighted by Gasteiger charge is 2.16. The predicted molar refractivity (Wildman–Crippen MR) is 78.3 cm³/mol. The van der Waals surface area contributed by atoms with E-state index < -0.39 is 0 Å². The largest absolute Gasteiger partial charge is 0.492 e. The van der Waals surface area contributed by atoms with Gasteiger partial charge < -0.3 is 15.0 Å². The van der Waals surface area contributed by atoms with E-state index in [1.807, 2.05) is 29.2 Å². The van der Waals surface area contributed by atoms with Crippen LogP contribution < -0.4 is 10.1 Å². The van der Waals surface area contributed by atoms with Crippen molar-refractivity contribution in [1.29, 1.82) is 0 Å². The molecule has 0 saturated carbocycles. The maximum atomic E-state index is 11.7. The normalized spacial score (nSPS) is 14.7. The van der Waals surface area contributed by atoms with Gasteiger partial charge in [-0.25, -0.2) is 0 Å². The van der Waals surface area contributed by atoms with Crippen molar-refractivity contribution in [2.45, 2.75) is 12.8 Å². The smallest absolute Gasteiger partial charge is 0.236 e. The van der Waals surface area contributed by atoms with E-state index in [-0.39, 0.29) is 5.91 Å². The lowest BCUT2D eigenvalue weighted by Crippen LogP contribution is -2.37. The quantitative estimate of drug-likeness (QED) is 0.813. The Bertz CT molecular complexity index is 420. The zero-order valence-corrected chi connectivity index (χ0v) is 12.5. The summed E-state index contributed by atoms with van der Waals surface area (Å²) in [4.78, 5) is 13.7. The van der Waals surface area contributed by atoms with Crippen molar-refractivity contribution in [3.05, 3.63) is 28.7 Å². The number of ether oxygens (including phenoxy) is 1. The predicted octanol–water partition coefficient (Wildman–Crippen LogP) is 2.04. The Balaban J connectivity index is 1.58. The first-order valence-corrected chi connectivity index (χ1v) is 7.42. The number of hydrogen-bond donors (Lipinski definition) is 1. The average Bonchev–Trinajstić information content (AvgIpc) is 2.92. The molecule has 0 bridgehead atoms. The van der Waals surface area contributed by atoms with Gasteiger partial charge in [-0.3, -0.25) is 4.79 Å². The summed E-state index contributed by atoms with van der Waals surface area (Å²) in [5, 5.41) is 3.12. The van der Waals surface area contributed by atoms with Gasteiger partial charge in [0.25, 0.3) is 0 Å². The van der Waals surface area contributed by atoms with Crippen LogP contribution in [0.2, 0.25) is 0 Å². The SMILES string of the molecule is O=C(CNCCOc1cccc(Br)c1)N1CCCC1. The van der Waals surface area contributed by atoms with Crippen LogP contribution in [0, 0.1) is 0 Å². The van der Waals surface area contributed by atoms with E-state index in [1.54, 1.807) is 0 Å². The number of likely N-dealkylation sites (tertiary alicyclic amines) is 1. The first-order chi connectivity index (χ1) is 9.25. The van der Waals surface area contributed by atoms with Gasteiger partial charge in [0.15, 0.2) is 0 Å². The Morgan fingerprint density at radius 3 is 2.89 bits per heavy atom. The molecule has 1 fully saturated rings. The van der Waals surface area contributed by atoms with E-state index in [0.29, 0.717) is 19.7 Å². The third kappa shape index (κ3) is 4.84. The second-order valence-electron chi connectivity index (χ2n) is 4.57. The molecule has 0 spiro atoms. The first kappa shape index (κ1) is 14.3. The van der Waals surface area contributed by atoms with E-state index in [9.17, 15) is 4.79 Å². The van der Waals surface area contributed by atoms with Gasteiger partial charge in [-0.1, -0.05) is 22.0 Å². The number of nitrogens with one attached hydrogen (secondary N) is 1. The summed E-state index contributed by atoms with van der Waals surface area (Å²) in [6.07, 6.45) is 2.27. The van der Waals surface area contributed by atoms with Gasteiger partial charge in [0.2, 0.25) is 5.91 Å². The fraction of sp³-hybridized carbons (Fsp3) is 0.500. The van der Waals surface area contributed by atoms with Crippen molar-refractivity contribution < 1.29 is 9.53 Å². The summed E-state index contributed by atoms with van der Waals surface area (Å²) >= 11 is 3.40. The Morgan fingerprint density at radius 2 is 2.16 bits per heavy atom. The van der Waals surface area contributed by atoms with Gasteiger partial charge in [0.1, 0.15) is 12.4 Å². The lowest BCUT2D eigenvalue weighted by Gasteiger charge is -2.15. The molecule has 1 aromatic carbocycles. The molecule has 0 radical (unpaired) electrons. The second-order valence-corrected chi connectivity index (χ2v) is 5.49. The zero-order valence-electron chi connectivity index (χ0n) is 10.9. The lowest BCUT2D eigenvalue weighted by molar-refractivity contribution is -0.129. The number of nitrogens with zero attached hydrogens (tertiary/aromatic N) is 1. The molecule has 2 rings (SSSR count). The van der Waals surface area contributed by atoms with E-state index in [4.69, 9.17) is 4.74 Å². The highest BCUT2D eigenvalue weighted by atomic mass is 79.9. The monoisotopic (exact) mass is 326 g/mol. The molecular formula is C14H19BrN2O2. The van der Waals surface area contributed by atoms with Crippen molar-refractivity contribution in [2.75, 3.05) is 32.8 Å². The zero-order chi connectivity index (χ0) is 13.5. The standard InChI is InChI=1S/C14H19BrN2O2/c15-12-4-3-5-13(10-12)19-9-6-16-11-14(18)17-7-1-2-8-17/h3-5,10,16H,1-2,6-9,11H2. The molecule has 5 heteroatoms. The molecule has 19 heavy (non-hydrogen) atoms. The molecule has 4 nitrogen and oxygen atoms in total. The van der Waals surface area contributed by atoms with Crippen molar-refractivity contribution in [3.8, 4) is 5.75 Å². The third-order valence-electron chi connectivity index (χ3n) is 3.08. The Morgan fingerprint density at radius 1 is 1.37 bits per heavy atom. The van der Waals surface area contributed by atoms with Gasteiger partial charge in [0.05, 0.1) is 6.54 Å². The molecule has 0 atom stereocenters. The highest BCUT2D eigenvalue weighted by molar-refractivity contribution is 9.10. The number of benzene rings is 1. The summed E-state index contributed by atoms with van der Waals surface area (Å²) in [7, 11) is 0. The number of carbonyl (C=O) groups is 1. The Hall–Kier alpha value is -1.07. The number of rotatable bonds is 6. The van der Waals surface area contributed by atoms with Crippen LogP contribution >= 0.6 is 15.9 Å². The Kier molecular flexibility index (Phi) is 5.66. The molecular weight excluding hydrogens is 308 g/mol. The van der Waals surface area contributed by atoms with Gasteiger partial charge in [-0.2, -0.15) is 0 Å². The third-order valence-corrected chi connectivity index (χ3v) is 3.57. The molecule has 1 aliphatic heterocycles. The minimum atomic E-state index is 0.194.